The first-order valence-electron chi connectivity index (χ1n) is 9.41. The molecule has 1 amide bonds. The number of carbonyl (C=O) groups excluding carboxylic acids is 1. The fourth-order valence-corrected chi connectivity index (χ4v) is 3.78. The van der Waals surface area contributed by atoms with Crippen LogP contribution in [0.1, 0.15) is 10.4 Å². The quantitative estimate of drug-likeness (QED) is 0.381. The topological polar surface area (TPSA) is 88.0 Å². The van der Waals surface area contributed by atoms with Crippen LogP contribution in [0, 0.1) is 5.82 Å². The Balaban J connectivity index is 1.50. The number of carbonyl (C=O) groups is 1. The molecule has 0 spiro atoms. The van der Waals surface area contributed by atoms with Crippen LogP contribution in [-0.4, -0.2) is 10.9 Å². The SMILES string of the molecule is Nc1ccc(-c2ccc(F)cc2)cc1NC(=O)c1ccc(Sc2c[nH]ccc2=O)cc1. The molecule has 4 aromatic rings. The van der Waals surface area contributed by atoms with Crippen LogP contribution >= 0.6 is 11.8 Å². The van der Waals surface area contributed by atoms with Crippen LogP contribution in [0.4, 0.5) is 15.8 Å². The van der Waals surface area contributed by atoms with E-state index < -0.39 is 0 Å². The van der Waals surface area contributed by atoms with Crippen LogP contribution in [-0.2, 0) is 0 Å². The maximum atomic E-state index is 13.2. The number of benzene rings is 3. The third-order valence-corrected chi connectivity index (χ3v) is 5.66. The average molecular weight is 431 g/mol. The van der Waals surface area contributed by atoms with Crippen molar-refractivity contribution in [1.82, 2.24) is 4.98 Å². The molecule has 31 heavy (non-hydrogen) atoms. The highest BCUT2D eigenvalue weighted by molar-refractivity contribution is 7.99. The number of aromatic amines is 1. The van der Waals surface area contributed by atoms with Crippen LogP contribution in [0.15, 0.2) is 99.8 Å². The average Bonchev–Trinajstić information content (AvgIpc) is 2.78. The Kier molecular flexibility index (Phi) is 5.86. The zero-order valence-electron chi connectivity index (χ0n) is 16.3. The Morgan fingerprint density at radius 2 is 1.65 bits per heavy atom. The first kappa shape index (κ1) is 20.4. The zero-order valence-corrected chi connectivity index (χ0v) is 17.1. The van der Waals surface area contributed by atoms with E-state index >= 15 is 0 Å². The van der Waals surface area contributed by atoms with E-state index in [1.165, 1.54) is 30.0 Å². The third kappa shape index (κ3) is 4.84. The summed E-state index contributed by atoms with van der Waals surface area (Å²) in [5.74, 6) is -0.622. The number of hydrogen-bond acceptors (Lipinski definition) is 4. The van der Waals surface area contributed by atoms with Crippen LogP contribution in [0.3, 0.4) is 0 Å². The summed E-state index contributed by atoms with van der Waals surface area (Å²) in [5.41, 5.74) is 8.94. The lowest BCUT2D eigenvalue weighted by Crippen LogP contribution is -2.13. The van der Waals surface area contributed by atoms with Crippen molar-refractivity contribution < 1.29 is 9.18 Å². The predicted octanol–water partition coefficient (Wildman–Crippen LogP) is 5.17. The van der Waals surface area contributed by atoms with Gasteiger partial charge in [0.2, 0.25) is 0 Å². The van der Waals surface area contributed by atoms with E-state index in [4.69, 9.17) is 5.73 Å². The Bertz CT molecular complexity index is 1290. The summed E-state index contributed by atoms with van der Waals surface area (Å²) >= 11 is 1.32. The molecule has 7 heteroatoms. The second-order valence-electron chi connectivity index (χ2n) is 6.76. The number of aromatic nitrogens is 1. The lowest BCUT2D eigenvalue weighted by Gasteiger charge is -2.11. The standard InChI is InChI=1S/C24H18FN3O2S/c25-18-6-1-15(2-7-18)17-5-10-20(26)21(13-17)28-24(30)16-3-8-19(9-4-16)31-23-14-27-12-11-22(23)29/h1-14H,26H2,(H,27,29)(H,28,30). The van der Waals surface area contributed by atoms with Gasteiger partial charge in [-0.05, 0) is 59.7 Å². The molecule has 0 saturated heterocycles. The molecule has 0 fully saturated rings. The van der Waals surface area contributed by atoms with Gasteiger partial charge in [-0.1, -0.05) is 30.0 Å². The molecule has 0 aliphatic carbocycles. The van der Waals surface area contributed by atoms with Crippen molar-refractivity contribution in [3.8, 4) is 11.1 Å². The van der Waals surface area contributed by atoms with Gasteiger partial charge in [0.25, 0.3) is 5.91 Å². The summed E-state index contributed by atoms with van der Waals surface area (Å²) < 4.78 is 13.2. The van der Waals surface area contributed by atoms with Gasteiger partial charge in [0.15, 0.2) is 5.43 Å². The van der Waals surface area contributed by atoms with E-state index in [0.717, 1.165) is 16.0 Å². The smallest absolute Gasteiger partial charge is 0.255 e. The maximum Gasteiger partial charge on any atom is 0.255 e. The second kappa shape index (κ2) is 8.89. The Morgan fingerprint density at radius 1 is 0.935 bits per heavy atom. The summed E-state index contributed by atoms with van der Waals surface area (Å²) in [6.45, 7) is 0. The van der Waals surface area contributed by atoms with Gasteiger partial charge >= 0.3 is 0 Å². The van der Waals surface area contributed by atoms with E-state index in [1.807, 2.05) is 6.07 Å². The van der Waals surface area contributed by atoms with Crippen molar-refractivity contribution in [3.05, 3.63) is 107 Å². The summed E-state index contributed by atoms with van der Waals surface area (Å²) in [4.78, 5) is 28.9. The van der Waals surface area contributed by atoms with Gasteiger partial charge in [0, 0.05) is 28.9 Å². The molecule has 5 nitrogen and oxygen atoms in total. The molecule has 0 aliphatic rings. The Morgan fingerprint density at radius 3 is 2.35 bits per heavy atom. The number of pyridine rings is 1. The van der Waals surface area contributed by atoms with Gasteiger partial charge in [0.05, 0.1) is 16.3 Å². The fraction of sp³-hybridized carbons (Fsp3) is 0. The largest absolute Gasteiger partial charge is 0.397 e. The molecular weight excluding hydrogens is 413 g/mol. The molecule has 0 aliphatic heterocycles. The normalized spacial score (nSPS) is 10.6. The van der Waals surface area contributed by atoms with Crippen LogP contribution in [0.5, 0.6) is 0 Å². The molecule has 4 N–H and O–H groups in total. The van der Waals surface area contributed by atoms with Gasteiger partial charge in [-0.15, -0.1) is 0 Å². The lowest BCUT2D eigenvalue weighted by atomic mass is 10.0. The molecule has 154 valence electrons. The Labute approximate surface area is 182 Å². The minimum absolute atomic E-state index is 0.0675. The highest BCUT2D eigenvalue weighted by atomic mass is 32.2. The number of nitrogens with two attached hydrogens (primary N) is 1. The summed E-state index contributed by atoms with van der Waals surface area (Å²) in [6, 6.07) is 19.8. The molecular formula is C24H18FN3O2S. The molecule has 1 heterocycles. The number of rotatable bonds is 5. The van der Waals surface area contributed by atoms with E-state index in [1.54, 1.807) is 60.9 Å². The summed E-state index contributed by atoms with van der Waals surface area (Å²) in [6.07, 6.45) is 3.22. The molecule has 0 bridgehead atoms. The highest BCUT2D eigenvalue weighted by Gasteiger charge is 2.11. The van der Waals surface area contributed by atoms with E-state index in [-0.39, 0.29) is 17.2 Å². The first-order valence-corrected chi connectivity index (χ1v) is 10.2. The zero-order chi connectivity index (χ0) is 21.8. The lowest BCUT2D eigenvalue weighted by molar-refractivity contribution is 0.102. The minimum Gasteiger partial charge on any atom is -0.397 e. The number of amides is 1. The van der Waals surface area contributed by atoms with Gasteiger partial charge in [-0.25, -0.2) is 4.39 Å². The first-order chi connectivity index (χ1) is 15.0. The van der Waals surface area contributed by atoms with Gasteiger partial charge in [-0.2, -0.15) is 0 Å². The Hall–Kier alpha value is -3.84. The van der Waals surface area contributed by atoms with E-state index in [0.29, 0.717) is 21.8 Å². The summed E-state index contributed by atoms with van der Waals surface area (Å²) in [5, 5.41) is 2.83. The van der Waals surface area contributed by atoms with Crippen molar-refractivity contribution in [2.75, 3.05) is 11.1 Å². The fourth-order valence-electron chi connectivity index (χ4n) is 2.96. The minimum atomic E-state index is -0.314. The molecule has 0 atom stereocenters. The van der Waals surface area contributed by atoms with Crippen LogP contribution in [0.25, 0.3) is 11.1 Å². The van der Waals surface area contributed by atoms with Crippen molar-refractivity contribution in [2.45, 2.75) is 9.79 Å². The molecule has 1 aromatic heterocycles. The molecule has 3 aromatic carbocycles. The maximum absolute atomic E-state index is 13.2. The van der Waals surface area contributed by atoms with Crippen LogP contribution < -0.4 is 16.5 Å². The van der Waals surface area contributed by atoms with Crippen LogP contribution in [0.2, 0.25) is 0 Å². The number of hydrogen-bond donors (Lipinski definition) is 3. The highest BCUT2D eigenvalue weighted by Crippen LogP contribution is 2.28. The van der Waals surface area contributed by atoms with Crippen molar-refractivity contribution in [1.29, 1.82) is 0 Å². The number of anilines is 2. The number of halogens is 1. The monoisotopic (exact) mass is 431 g/mol. The molecule has 0 saturated carbocycles. The molecule has 0 radical (unpaired) electrons. The van der Waals surface area contributed by atoms with Gasteiger partial charge in [-0.3, -0.25) is 9.59 Å². The van der Waals surface area contributed by atoms with Crippen molar-refractivity contribution in [3.63, 3.8) is 0 Å². The van der Waals surface area contributed by atoms with Crippen molar-refractivity contribution in [2.24, 2.45) is 0 Å². The number of nitrogens with one attached hydrogen (secondary N) is 2. The summed E-state index contributed by atoms with van der Waals surface area (Å²) in [7, 11) is 0. The second-order valence-corrected chi connectivity index (χ2v) is 7.88. The number of nitrogen functional groups attached to an aromatic ring is 1. The van der Waals surface area contributed by atoms with Gasteiger partial charge in [0.1, 0.15) is 5.82 Å². The third-order valence-electron chi connectivity index (χ3n) is 4.61. The van der Waals surface area contributed by atoms with E-state index in [2.05, 4.69) is 10.3 Å². The molecule has 0 unspecified atom stereocenters. The predicted molar refractivity (Wildman–Crippen MR) is 122 cm³/mol. The van der Waals surface area contributed by atoms with Gasteiger partial charge < -0.3 is 16.0 Å². The number of H-pyrrole nitrogens is 1. The van der Waals surface area contributed by atoms with Crippen molar-refractivity contribution >= 4 is 29.0 Å². The molecule has 4 rings (SSSR count). The van der Waals surface area contributed by atoms with E-state index in [9.17, 15) is 14.0 Å².